The van der Waals surface area contributed by atoms with Crippen molar-refractivity contribution in [3.63, 3.8) is 0 Å². The first-order chi connectivity index (χ1) is 20.8. The van der Waals surface area contributed by atoms with E-state index in [1.165, 1.54) is 18.9 Å². The van der Waals surface area contributed by atoms with Gasteiger partial charge in [-0.15, -0.1) is 0 Å². The number of carboxylic acids is 1. The van der Waals surface area contributed by atoms with Crippen LogP contribution in [-0.4, -0.2) is 55.7 Å². The molecule has 0 saturated carbocycles. The quantitative estimate of drug-likeness (QED) is 0.238. The summed E-state index contributed by atoms with van der Waals surface area (Å²) in [5.41, 5.74) is 1.42. The van der Waals surface area contributed by atoms with Crippen molar-refractivity contribution in [1.82, 2.24) is 5.32 Å². The highest BCUT2D eigenvalue weighted by Crippen LogP contribution is 2.24. The molecular formula is C32H36F2N4O6. The van der Waals surface area contributed by atoms with Crippen molar-refractivity contribution in [2.45, 2.75) is 33.1 Å². The first-order valence-electron chi connectivity index (χ1n) is 14.0. The zero-order chi connectivity index (χ0) is 32.4. The Hall–Kier alpha value is -5.00. The summed E-state index contributed by atoms with van der Waals surface area (Å²) in [7, 11) is 1.37. The molecule has 0 aliphatic carbocycles. The standard InChI is InChI=1S/C32H36F2N4O6/c1-20(2)11-12-38(29(39)18-35-32(43)36-25-8-5-7-22(13-25)21(3)31(41)42)26-9-6-10-28(17-26)44-19-30(40)37(4)27-15-23(33)14-24(34)16-27/h5-10,13-17,20-21H,11-12,18-19H2,1-4H3,(H,41,42)(H2,35,36,43). The Balaban J connectivity index is 1.65. The summed E-state index contributed by atoms with van der Waals surface area (Å²) in [4.78, 5) is 52.3. The largest absolute Gasteiger partial charge is 0.484 e. The van der Waals surface area contributed by atoms with Crippen molar-refractivity contribution in [3.05, 3.63) is 83.9 Å². The third-order valence-corrected chi connectivity index (χ3v) is 6.75. The molecule has 0 bridgehead atoms. The van der Waals surface area contributed by atoms with Crippen molar-refractivity contribution in [2.75, 3.05) is 41.9 Å². The number of nitrogens with one attached hydrogen (secondary N) is 2. The molecule has 1 unspecified atom stereocenters. The lowest BCUT2D eigenvalue weighted by atomic mass is 10.0. The number of carbonyl (C=O) groups is 4. The normalized spacial score (nSPS) is 11.4. The van der Waals surface area contributed by atoms with Gasteiger partial charge in [0.15, 0.2) is 6.61 Å². The minimum atomic E-state index is -0.993. The topological polar surface area (TPSA) is 128 Å². The van der Waals surface area contributed by atoms with Crippen LogP contribution in [0.3, 0.4) is 0 Å². The van der Waals surface area contributed by atoms with Crippen LogP contribution >= 0.6 is 0 Å². The van der Waals surface area contributed by atoms with Gasteiger partial charge in [0, 0.05) is 42.8 Å². The predicted octanol–water partition coefficient (Wildman–Crippen LogP) is 5.40. The highest BCUT2D eigenvalue weighted by atomic mass is 19.1. The molecule has 0 fully saturated rings. The molecule has 0 radical (unpaired) electrons. The molecule has 3 aromatic carbocycles. The third kappa shape index (κ3) is 9.79. The number of hydrogen-bond donors (Lipinski definition) is 3. The van der Waals surface area contributed by atoms with Crippen LogP contribution in [0.4, 0.5) is 30.6 Å². The number of anilines is 3. The lowest BCUT2D eigenvalue weighted by Crippen LogP contribution is -2.42. The number of urea groups is 1. The summed E-state index contributed by atoms with van der Waals surface area (Å²) in [5.74, 6) is -3.75. The number of halogens is 2. The average Bonchev–Trinajstić information content (AvgIpc) is 2.97. The Morgan fingerprint density at radius 2 is 1.57 bits per heavy atom. The molecule has 0 saturated heterocycles. The number of rotatable bonds is 13. The van der Waals surface area contributed by atoms with Crippen LogP contribution in [0, 0.1) is 17.6 Å². The molecule has 1 atom stereocenters. The van der Waals surface area contributed by atoms with Gasteiger partial charge in [0.1, 0.15) is 17.4 Å². The molecule has 12 heteroatoms. The second kappa shape index (κ2) is 15.5. The smallest absolute Gasteiger partial charge is 0.319 e. The summed E-state index contributed by atoms with van der Waals surface area (Å²) in [5, 5.41) is 14.4. The molecule has 4 amide bonds. The minimum Gasteiger partial charge on any atom is -0.484 e. The number of carboxylic acid groups (broad SMARTS) is 1. The highest BCUT2D eigenvalue weighted by Gasteiger charge is 2.19. The van der Waals surface area contributed by atoms with E-state index in [2.05, 4.69) is 10.6 Å². The Morgan fingerprint density at radius 1 is 0.886 bits per heavy atom. The molecule has 0 aliphatic rings. The van der Waals surface area contributed by atoms with Crippen molar-refractivity contribution < 1.29 is 37.8 Å². The van der Waals surface area contributed by atoms with E-state index in [0.29, 0.717) is 36.0 Å². The van der Waals surface area contributed by atoms with E-state index in [4.69, 9.17) is 4.74 Å². The van der Waals surface area contributed by atoms with Gasteiger partial charge in [0.2, 0.25) is 5.91 Å². The Bertz CT molecular complexity index is 1480. The average molecular weight is 611 g/mol. The van der Waals surface area contributed by atoms with Gasteiger partial charge in [0.25, 0.3) is 5.91 Å². The molecule has 10 nitrogen and oxygen atoms in total. The summed E-state index contributed by atoms with van der Waals surface area (Å²) in [6, 6.07) is 15.1. The first kappa shape index (κ1) is 33.5. The maximum absolute atomic E-state index is 13.6. The number of amides is 4. The van der Waals surface area contributed by atoms with Crippen molar-refractivity contribution in [3.8, 4) is 5.75 Å². The molecule has 44 heavy (non-hydrogen) atoms. The van der Waals surface area contributed by atoms with Crippen molar-refractivity contribution in [1.29, 1.82) is 0 Å². The molecule has 3 aromatic rings. The van der Waals surface area contributed by atoms with Crippen molar-refractivity contribution in [2.24, 2.45) is 5.92 Å². The maximum Gasteiger partial charge on any atom is 0.319 e. The second-order valence-corrected chi connectivity index (χ2v) is 10.6. The highest BCUT2D eigenvalue weighted by molar-refractivity contribution is 5.99. The minimum absolute atomic E-state index is 0.0365. The predicted molar refractivity (Wildman–Crippen MR) is 163 cm³/mol. The molecule has 0 aromatic heterocycles. The summed E-state index contributed by atoms with van der Waals surface area (Å²) in [6.07, 6.45) is 0.672. The third-order valence-electron chi connectivity index (χ3n) is 6.75. The van der Waals surface area contributed by atoms with E-state index >= 15 is 0 Å². The van der Waals surface area contributed by atoms with E-state index < -0.39 is 48.0 Å². The number of carbonyl (C=O) groups excluding carboxylic acids is 3. The van der Waals surface area contributed by atoms with Crippen LogP contribution in [0.2, 0.25) is 0 Å². The lowest BCUT2D eigenvalue weighted by Gasteiger charge is -2.25. The van der Waals surface area contributed by atoms with E-state index in [-0.39, 0.29) is 23.9 Å². The Morgan fingerprint density at radius 3 is 2.23 bits per heavy atom. The van der Waals surface area contributed by atoms with E-state index in [9.17, 15) is 33.1 Å². The van der Waals surface area contributed by atoms with Crippen LogP contribution in [0.25, 0.3) is 0 Å². The van der Waals surface area contributed by atoms with Gasteiger partial charge in [0.05, 0.1) is 12.5 Å². The molecule has 0 aliphatic heterocycles. The van der Waals surface area contributed by atoms with Crippen LogP contribution in [0.1, 0.15) is 38.7 Å². The zero-order valence-corrected chi connectivity index (χ0v) is 25.0. The Kier molecular flexibility index (Phi) is 11.8. The molecule has 0 heterocycles. The second-order valence-electron chi connectivity index (χ2n) is 10.6. The number of benzene rings is 3. The lowest BCUT2D eigenvalue weighted by molar-refractivity contribution is -0.138. The first-order valence-corrected chi connectivity index (χ1v) is 14.0. The number of ether oxygens (including phenoxy) is 1. The molecule has 3 N–H and O–H groups in total. The fourth-order valence-electron chi connectivity index (χ4n) is 4.10. The van der Waals surface area contributed by atoms with Gasteiger partial charge in [-0.25, -0.2) is 13.6 Å². The van der Waals surface area contributed by atoms with Crippen LogP contribution in [0.5, 0.6) is 5.75 Å². The van der Waals surface area contributed by atoms with Gasteiger partial charge in [-0.1, -0.05) is 32.0 Å². The number of likely N-dealkylation sites (N-methyl/N-ethyl adjacent to an activating group) is 1. The fraction of sp³-hybridized carbons (Fsp3) is 0.312. The molecular weight excluding hydrogens is 574 g/mol. The van der Waals surface area contributed by atoms with Gasteiger partial charge in [-0.05, 0) is 61.2 Å². The number of aliphatic carboxylic acids is 1. The SMILES string of the molecule is CC(C)CCN(C(=O)CNC(=O)Nc1cccc(C(C)C(=O)O)c1)c1cccc(OCC(=O)N(C)c2cc(F)cc(F)c2)c1. The van der Waals surface area contributed by atoms with Gasteiger partial charge < -0.3 is 30.3 Å². The maximum atomic E-state index is 13.6. The van der Waals surface area contributed by atoms with Gasteiger partial charge in [-0.2, -0.15) is 0 Å². The fourth-order valence-corrected chi connectivity index (χ4v) is 4.10. The van der Waals surface area contributed by atoms with Crippen LogP contribution < -0.4 is 25.2 Å². The number of hydrogen-bond acceptors (Lipinski definition) is 5. The van der Waals surface area contributed by atoms with E-state index in [1.807, 2.05) is 13.8 Å². The Labute approximate surface area is 254 Å². The van der Waals surface area contributed by atoms with E-state index in [1.54, 1.807) is 48.5 Å². The monoisotopic (exact) mass is 610 g/mol. The van der Waals surface area contributed by atoms with Gasteiger partial charge in [-0.3, -0.25) is 14.4 Å². The molecule has 3 rings (SSSR count). The van der Waals surface area contributed by atoms with Crippen LogP contribution in [-0.2, 0) is 14.4 Å². The number of nitrogens with zero attached hydrogens (tertiary/aromatic N) is 2. The zero-order valence-electron chi connectivity index (χ0n) is 25.0. The van der Waals surface area contributed by atoms with Crippen LogP contribution in [0.15, 0.2) is 66.7 Å². The summed E-state index contributed by atoms with van der Waals surface area (Å²) in [6.45, 7) is 5.17. The van der Waals surface area contributed by atoms with Gasteiger partial charge >= 0.3 is 12.0 Å². The molecule has 234 valence electrons. The van der Waals surface area contributed by atoms with E-state index in [0.717, 1.165) is 17.0 Å². The van der Waals surface area contributed by atoms with Crippen molar-refractivity contribution >= 4 is 40.9 Å². The summed E-state index contributed by atoms with van der Waals surface area (Å²) >= 11 is 0. The molecule has 0 spiro atoms. The summed E-state index contributed by atoms with van der Waals surface area (Å²) < 4.78 is 32.8.